The lowest BCUT2D eigenvalue weighted by Crippen LogP contribution is -2.74. The molecule has 160 valence electrons. The molecule has 3 rings (SSSR count). The third kappa shape index (κ3) is 3.28. The zero-order chi connectivity index (χ0) is 21.0. The zero-order valence-corrected chi connectivity index (χ0v) is 17.6. The summed E-state index contributed by atoms with van der Waals surface area (Å²) in [5, 5.41) is 0. The lowest BCUT2D eigenvalue weighted by Gasteiger charge is -2.57. The molecule has 0 aromatic rings. The SMILES string of the molecule is COC1(C)OC2CN(C(=O)OC(C)(C)C)C3(CC3)C(OC=O)C2OC1(C)OC. The first-order valence-electron chi connectivity index (χ1n) is 9.51. The van der Waals surface area contributed by atoms with E-state index in [2.05, 4.69) is 0 Å². The van der Waals surface area contributed by atoms with Gasteiger partial charge in [0.15, 0.2) is 6.10 Å². The Labute approximate surface area is 165 Å². The molecule has 28 heavy (non-hydrogen) atoms. The van der Waals surface area contributed by atoms with Gasteiger partial charge in [0.2, 0.25) is 11.6 Å². The van der Waals surface area contributed by atoms with Crippen molar-refractivity contribution >= 4 is 12.6 Å². The standard InChI is InChI=1S/C19H31NO8/c1-16(2,3)28-15(22)20-10-12-13(14(25-11-21)19(20)8-9-19)27-18(5,24-7)17(4,23-6)26-12/h11-14H,8-10H2,1-7H3. The molecule has 0 radical (unpaired) electrons. The predicted molar refractivity (Wildman–Crippen MR) is 96.4 cm³/mol. The topological polar surface area (TPSA) is 92.8 Å². The molecule has 3 fully saturated rings. The van der Waals surface area contributed by atoms with Crippen molar-refractivity contribution in [3.05, 3.63) is 0 Å². The first kappa shape index (κ1) is 21.3. The predicted octanol–water partition coefficient (Wildman–Crippen LogP) is 1.82. The Morgan fingerprint density at radius 2 is 1.68 bits per heavy atom. The van der Waals surface area contributed by atoms with Gasteiger partial charge < -0.3 is 28.4 Å². The number of methoxy groups -OCH3 is 2. The van der Waals surface area contributed by atoms with Crippen LogP contribution in [0.1, 0.15) is 47.5 Å². The highest BCUT2D eigenvalue weighted by Gasteiger charge is 2.70. The highest BCUT2D eigenvalue weighted by atomic mass is 16.8. The van der Waals surface area contributed by atoms with Crippen LogP contribution in [-0.2, 0) is 33.2 Å². The Morgan fingerprint density at radius 1 is 1.11 bits per heavy atom. The number of hydrogen-bond acceptors (Lipinski definition) is 8. The Morgan fingerprint density at radius 3 is 2.14 bits per heavy atom. The van der Waals surface area contributed by atoms with Crippen LogP contribution in [-0.4, -0.2) is 79.3 Å². The van der Waals surface area contributed by atoms with Crippen molar-refractivity contribution in [2.75, 3.05) is 20.8 Å². The summed E-state index contributed by atoms with van der Waals surface area (Å²) in [6, 6.07) is 0. The Hall–Kier alpha value is -1.42. The molecule has 2 saturated heterocycles. The average molecular weight is 401 g/mol. The third-order valence-electron chi connectivity index (χ3n) is 6.01. The smallest absolute Gasteiger partial charge is 0.410 e. The normalized spacial score (nSPS) is 39.2. The van der Waals surface area contributed by atoms with E-state index in [1.165, 1.54) is 14.2 Å². The highest BCUT2D eigenvalue weighted by Crippen LogP contribution is 2.54. The van der Waals surface area contributed by atoms with Gasteiger partial charge in [-0.25, -0.2) is 4.79 Å². The quantitative estimate of drug-likeness (QED) is 0.659. The maximum atomic E-state index is 12.9. The first-order chi connectivity index (χ1) is 13.0. The number of carbonyl (C=O) groups is 2. The molecule has 1 aliphatic carbocycles. The maximum Gasteiger partial charge on any atom is 0.410 e. The van der Waals surface area contributed by atoms with Crippen LogP contribution >= 0.6 is 0 Å². The highest BCUT2D eigenvalue weighted by molar-refractivity contribution is 5.70. The summed E-state index contributed by atoms with van der Waals surface area (Å²) >= 11 is 0. The van der Waals surface area contributed by atoms with Crippen molar-refractivity contribution in [2.24, 2.45) is 0 Å². The Bertz CT molecular complexity index is 630. The third-order valence-corrected chi connectivity index (χ3v) is 6.01. The number of piperidine rings is 1. The molecule has 2 aliphatic heterocycles. The van der Waals surface area contributed by atoms with E-state index in [0.29, 0.717) is 19.3 Å². The van der Waals surface area contributed by atoms with Crippen LogP contribution in [0.2, 0.25) is 0 Å². The fourth-order valence-corrected chi connectivity index (χ4v) is 4.11. The van der Waals surface area contributed by atoms with Crippen molar-refractivity contribution in [2.45, 2.75) is 88.5 Å². The number of likely N-dealkylation sites (tertiary alicyclic amines) is 1. The summed E-state index contributed by atoms with van der Waals surface area (Å²) in [5.41, 5.74) is -1.31. The maximum absolute atomic E-state index is 12.9. The van der Waals surface area contributed by atoms with E-state index in [1.807, 2.05) is 20.8 Å². The Kier molecular flexibility index (Phi) is 5.19. The second-order valence-corrected chi connectivity index (χ2v) is 8.89. The Balaban J connectivity index is 1.95. The van der Waals surface area contributed by atoms with E-state index in [1.54, 1.807) is 18.7 Å². The minimum Gasteiger partial charge on any atom is -0.459 e. The van der Waals surface area contributed by atoms with E-state index in [0.717, 1.165) is 0 Å². The van der Waals surface area contributed by atoms with Crippen LogP contribution in [0.4, 0.5) is 4.79 Å². The molecule has 1 saturated carbocycles. The summed E-state index contributed by atoms with van der Waals surface area (Å²) in [7, 11) is 3.00. The van der Waals surface area contributed by atoms with Gasteiger partial charge in [-0.3, -0.25) is 9.69 Å². The molecule has 5 unspecified atom stereocenters. The van der Waals surface area contributed by atoms with Gasteiger partial charge in [0.25, 0.3) is 6.47 Å². The van der Waals surface area contributed by atoms with Gasteiger partial charge in [-0.2, -0.15) is 0 Å². The van der Waals surface area contributed by atoms with Gasteiger partial charge in [0, 0.05) is 14.2 Å². The molecular formula is C19H31NO8. The van der Waals surface area contributed by atoms with E-state index >= 15 is 0 Å². The van der Waals surface area contributed by atoms with Crippen molar-refractivity contribution in [1.82, 2.24) is 4.90 Å². The summed E-state index contributed by atoms with van der Waals surface area (Å²) in [5.74, 6) is -2.44. The zero-order valence-electron chi connectivity index (χ0n) is 17.6. The van der Waals surface area contributed by atoms with Crippen LogP contribution in [0.3, 0.4) is 0 Å². The van der Waals surface area contributed by atoms with Crippen LogP contribution < -0.4 is 0 Å². The number of carbonyl (C=O) groups excluding carboxylic acids is 2. The number of fused-ring (bicyclic) bond motifs is 1. The van der Waals surface area contributed by atoms with Crippen LogP contribution in [0.15, 0.2) is 0 Å². The van der Waals surface area contributed by atoms with E-state index in [9.17, 15) is 9.59 Å². The molecule has 9 nitrogen and oxygen atoms in total. The van der Waals surface area contributed by atoms with E-state index < -0.39 is 47.1 Å². The van der Waals surface area contributed by atoms with Gasteiger partial charge in [0.05, 0.1) is 12.1 Å². The summed E-state index contributed by atoms with van der Waals surface area (Å²) in [6.45, 7) is 9.47. The minimum atomic E-state index is -1.22. The monoisotopic (exact) mass is 401 g/mol. The van der Waals surface area contributed by atoms with Crippen molar-refractivity contribution in [3.63, 3.8) is 0 Å². The minimum absolute atomic E-state index is 0.233. The largest absolute Gasteiger partial charge is 0.459 e. The number of nitrogens with zero attached hydrogens (tertiary/aromatic N) is 1. The van der Waals surface area contributed by atoms with Crippen molar-refractivity contribution < 1.29 is 38.0 Å². The second kappa shape index (κ2) is 6.83. The fraction of sp³-hybridized carbons (Fsp3) is 0.895. The molecule has 1 amide bonds. The molecule has 1 spiro atoms. The van der Waals surface area contributed by atoms with Crippen LogP contribution in [0.5, 0.6) is 0 Å². The van der Waals surface area contributed by atoms with Gasteiger partial charge >= 0.3 is 6.09 Å². The van der Waals surface area contributed by atoms with E-state index in [-0.39, 0.29) is 6.54 Å². The number of ether oxygens (including phenoxy) is 6. The van der Waals surface area contributed by atoms with E-state index in [4.69, 9.17) is 28.4 Å². The fourth-order valence-electron chi connectivity index (χ4n) is 4.11. The lowest BCUT2D eigenvalue weighted by atomic mass is 9.89. The molecule has 2 heterocycles. The molecule has 0 bridgehead atoms. The summed E-state index contributed by atoms with van der Waals surface area (Å²) < 4.78 is 34.7. The van der Waals surface area contributed by atoms with Crippen LogP contribution in [0.25, 0.3) is 0 Å². The van der Waals surface area contributed by atoms with Crippen molar-refractivity contribution in [3.8, 4) is 0 Å². The number of rotatable bonds is 4. The first-order valence-corrected chi connectivity index (χ1v) is 9.51. The molecule has 5 atom stereocenters. The molecule has 0 N–H and O–H groups in total. The molecular weight excluding hydrogens is 370 g/mol. The average Bonchev–Trinajstić information content (AvgIpc) is 3.39. The summed E-state index contributed by atoms with van der Waals surface area (Å²) in [6.07, 6.45) is -1.00. The van der Waals surface area contributed by atoms with Gasteiger partial charge in [-0.1, -0.05) is 0 Å². The molecule has 9 heteroatoms. The number of amides is 1. The second-order valence-electron chi connectivity index (χ2n) is 8.89. The lowest BCUT2D eigenvalue weighted by molar-refractivity contribution is -0.460. The van der Waals surface area contributed by atoms with Gasteiger partial charge in [-0.15, -0.1) is 0 Å². The summed E-state index contributed by atoms with van der Waals surface area (Å²) in [4.78, 5) is 25.8. The molecule has 0 aromatic carbocycles. The van der Waals surface area contributed by atoms with Gasteiger partial charge in [0.1, 0.15) is 17.8 Å². The van der Waals surface area contributed by atoms with Gasteiger partial charge in [-0.05, 0) is 47.5 Å². The van der Waals surface area contributed by atoms with Crippen molar-refractivity contribution in [1.29, 1.82) is 0 Å². The number of hydrogen-bond donors (Lipinski definition) is 0. The van der Waals surface area contributed by atoms with Crippen LogP contribution in [0, 0.1) is 0 Å². The molecule has 0 aromatic heterocycles. The molecule has 3 aliphatic rings.